The minimum absolute atomic E-state index is 0.0229. The zero-order chi connectivity index (χ0) is 29.8. The summed E-state index contributed by atoms with van der Waals surface area (Å²) in [4.78, 5) is 34.8. The number of H-pyrrole nitrogens is 1. The maximum Gasteiger partial charge on any atom is 0.310 e. The number of ether oxygens (including phenoxy) is 1. The smallest absolute Gasteiger partial charge is 0.310 e. The van der Waals surface area contributed by atoms with Crippen molar-refractivity contribution in [3.05, 3.63) is 80.2 Å². The van der Waals surface area contributed by atoms with Crippen molar-refractivity contribution < 1.29 is 14.6 Å². The van der Waals surface area contributed by atoms with Crippen molar-refractivity contribution in [3.63, 3.8) is 0 Å². The molecule has 6 rings (SSSR count). The highest BCUT2D eigenvalue weighted by molar-refractivity contribution is 7.17. The summed E-state index contributed by atoms with van der Waals surface area (Å²) in [5.74, 6) is -0.677. The number of benzene rings is 1. The van der Waals surface area contributed by atoms with E-state index in [1.54, 1.807) is 49.2 Å². The van der Waals surface area contributed by atoms with E-state index in [4.69, 9.17) is 4.74 Å². The Morgan fingerprint density at radius 3 is 2.86 bits per heavy atom. The largest absolute Gasteiger partial charge is 0.487 e. The van der Waals surface area contributed by atoms with E-state index in [0.29, 0.717) is 36.5 Å². The van der Waals surface area contributed by atoms with E-state index in [-0.39, 0.29) is 11.7 Å². The molecule has 0 radical (unpaired) electrons. The van der Waals surface area contributed by atoms with Gasteiger partial charge < -0.3 is 14.8 Å². The van der Waals surface area contributed by atoms with Gasteiger partial charge in [0, 0.05) is 49.6 Å². The lowest BCUT2D eigenvalue weighted by atomic mass is 9.70. The molecule has 0 spiro atoms. The van der Waals surface area contributed by atoms with Crippen LogP contribution in [0.2, 0.25) is 0 Å². The standard InChI is InChI=1S/C31H34N6O4S/c1-6-21-15-37(16-23-24(41-21)7-8-25(38)33-23)14-20-12-19(11-18-9-10-42-28(18)20)26(31(3,4)30(39)40)22-13-32-29-27(17(22)2)34-35-36(29)5/h7-13,21,26H,6,14-16H2,1-5H3,(H,33,38)(H,39,40)/t21-,26?/m1/s1. The number of aromatic amines is 1. The van der Waals surface area contributed by atoms with Gasteiger partial charge >= 0.3 is 5.97 Å². The summed E-state index contributed by atoms with van der Waals surface area (Å²) in [7, 11) is 1.79. The molecule has 42 heavy (non-hydrogen) atoms. The summed E-state index contributed by atoms with van der Waals surface area (Å²) in [5.41, 5.74) is 4.48. The van der Waals surface area contributed by atoms with Crippen LogP contribution in [-0.4, -0.2) is 53.6 Å². The Bertz CT molecular complexity index is 1870. The van der Waals surface area contributed by atoms with Gasteiger partial charge in [0.25, 0.3) is 0 Å². The van der Waals surface area contributed by atoms with E-state index in [9.17, 15) is 14.7 Å². The number of nitrogens with one attached hydrogen (secondary N) is 1. The van der Waals surface area contributed by atoms with E-state index in [1.807, 2.05) is 6.92 Å². The topological polar surface area (TPSA) is 126 Å². The van der Waals surface area contributed by atoms with E-state index in [1.165, 1.54) is 6.07 Å². The fraction of sp³-hybridized carbons (Fsp3) is 0.387. The Labute approximate surface area is 247 Å². The summed E-state index contributed by atoms with van der Waals surface area (Å²) >= 11 is 1.67. The maximum absolute atomic E-state index is 12.8. The van der Waals surface area contributed by atoms with E-state index in [2.05, 4.69) is 55.7 Å². The highest BCUT2D eigenvalue weighted by Gasteiger charge is 2.41. The molecule has 218 valence electrons. The van der Waals surface area contributed by atoms with Crippen LogP contribution < -0.4 is 10.3 Å². The molecule has 0 saturated heterocycles. The Hall–Kier alpha value is -4.09. The number of carboxylic acid groups (broad SMARTS) is 1. The fourth-order valence-corrected chi connectivity index (χ4v) is 6.96. The van der Waals surface area contributed by atoms with Crippen LogP contribution in [0.3, 0.4) is 0 Å². The first kappa shape index (κ1) is 28.0. The average Bonchev–Trinajstić information content (AvgIpc) is 3.53. The minimum Gasteiger partial charge on any atom is -0.487 e. The number of aliphatic carboxylic acids is 1. The van der Waals surface area contributed by atoms with Crippen LogP contribution in [0.15, 0.2) is 46.7 Å². The molecule has 5 heterocycles. The van der Waals surface area contributed by atoms with Crippen molar-refractivity contribution in [2.45, 2.75) is 59.2 Å². The third-order valence-electron chi connectivity index (χ3n) is 8.42. The number of carbonyl (C=O) groups is 1. The molecule has 0 bridgehead atoms. The molecular formula is C31H34N6O4S. The molecular weight excluding hydrogens is 552 g/mol. The number of rotatable bonds is 7. The third-order valence-corrected chi connectivity index (χ3v) is 9.43. The van der Waals surface area contributed by atoms with Gasteiger partial charge in [0.05, 0.1) is 11.1 Å². The molecule has 1 unspecified atom stereocenters. The summed E-state index contributed by atoms with van der Waals surface area (Å²) in [6.45, 7) is 9.44. The molecule has 0 aliphatic carbocycles. The lowest BCUT2D eigenvalue weighted by molar-refractivity contribution is -0.147. The molecule has 5 aromatic rings. The lowest BCUT2D eigenvalue weighted by Crippen LogP contribution is -2.33. The number of thiophene rings is 1. The van der Waals surface area contributed by atoms with Crippen molar-refractivity contribution in [1.29, 1.82) is 0 Å². The van der Waals surface area contributed by atoms with Gasteiger partial charge in [0.2, 0.25) is 5.56 Å². The second kappa shape index (κ2) is 10.6. The number of aromatic nitrogens is 5. The molecule has 2 N–H and O–H groups in total. The number of nitrogens with zero attached hydrogens (tertiary/aromatic N) is 5. The van der Waals surface area contributed by atoms with Crippen molar-refractivity contribution in [2.75, 3.05) is 6.54 Å². The number of pyridine rings is 2. The summed E-state index contributed by atoms with van der Waals surface area (Å²) < 4.78 is 9.03. The average molecular weight is 587 g/mol. The highest BCUT2D eigenvalue weighted by atomic mass is 32.1. The Morgan fingerprint density at radius 1 is 1.29 bits per heavy atom. The first-order chi connectivity index (χ1) is 20.1. The van der Waals surface area contributed by atoms with E-state index in [0.717, 1.165) is 44.5 Å². The van der Waals surface area contributed by atoms with Crippen molar-refractivity contribution in [2.24, 2.45) is 12.5 Å². The van der Waals surface area contributed by atoms with Gasteiger partial charge in [-0.25, -0.2) is 9.67 Å². The molecule has 0 fully saturated rings. The van der Waals surface area contributed by atoms with Gasteiger partial charge in [0.15, 0.2) is 5.65 Å². The van der Waals surface area contributed by atoms with E-state index >= 15 is 0 Å². The zero-order valence-corrected chi connectivity index (χ0v) is 25.2. The number of aryl methyl sites for hydroxylation is 2. The first-order valence-electron chi connectivity index (χ1n) is 14.1. The van der Waals surface area contributed by atoms with Gasteiger partial charge in [-0.15, -0.1) is 16.4 Å². The predicted molar refractivity (Wildman–Crippen MR) is 162 cm³/mol. The normalized spacial score (nSPS) is 16.7. The Morgan fingerprint density at radius 2 is 2.10 bits per heavy atom. The van der Waals surface area contributed by atoms with Gasteiger partial charge in [-0.2, -0.15) is 0 Å². The molecule has 2 atom stereocenters. The van der Waals surface area contributed by atoms with Crippen LogP contribution in [0, 0.1) is 12.3 Å². The molecule has 10 nitrogen and oxygen atoms in total. The quantitative estimate of drug-likeness (QED) is 0.273. The van der Waals surface area contributed by atoms with Gasteiger partial charge in [0.1, 0.15) is 17.4 Å². The lowest BCUT2D eigenvalue weighted by Gasteiger charge is -2.33. The second-order valence-electron chi connectivity index (χ2n) is 11.7. The fourth-order valence-electron chi connectivity index (χ4n) is 6.07. The predicted octanol–water partition coefficient (Wildman–Crippen LogP) is 4.99. The van der Waals surface area contributed by atoms with Crippen molar-refractivity contribution in [3.8, 4) is 5.75 Å². The summed E-state index contributed by atoms with van der Waals surface area (Å²) in [5, 5.41) is 22.0. The zero-order valence-electron chi connectivity index (χ0n) is 24.3. The number of carboxylic acids is 1. The van der Waals surface area contributed by atoms with Crippen LogP contribution in [0.4, 0.5) is 0 Å². The Balaban J connectivity index is 1.47. The van der Waals surface area contributed by atoms with Gasteiger partial charge in [-0.3, -0.25) is 14.5 Å². The van der Waals surface area contributed by atoms with Gasteiger partial charge in [-0.1, -0.05) is 18.2 Å². The van der Waals surface area contributed by atoms with E-state index < -0.39 is 17.3 Å². The van der Waals surface area contributed by atoms with Gasteiger partial charge in [-0.05, 0) is 78.4 Å². The number of hydrogen-bond donors (Lipinski definition) is 2. The third kappa shape index (κ3) is 4.86. The molecule has 4 aromatic heterocycles. The Kier molecular flexibility index (Phi) is 7.10. The molecule has 11 heteroatoms. The van der Waals surface area contributed by atoms with Crippen LogP contribution in [0.5, 0.6) is 5.75 Å². The van der Waals surface area contributed by atoms with Crippen LogP contribution in [-0.2, 0) is 24.9 Å². The SMILES string of the molecule is CC[C@@H]1CN(Cc2cc(C(c3cnc4c(nnn4C)c3C)C(C)(C)C(=O)O)cc3ccsc23)Cc2[nH]c(=O)ccc2O1. The second-order valence-corrected chi connectivity index (χ2v) is 12.6. The summed E-state index contributed by atoms with van der Waals surface area (Å²) in [6, 6.07) is 9.59. The monoisotopic (exact) mass is 586 g/mol. The molecule has 1 aliphatic heterocycles. The molecule has 1 aromatic carbocycles. The molecule has 1 aliphatic rings. The minimum atomic E-state index is -1.15. The van der Waals surface area contributed by atoms with Crippen LogP contribution >= 0.6 is 11.3 Å². The summed E-state index contributed by atoms with van der Waals surface area (Å²) in [6.07, 6.45) is 2.58. The highest BCUT2D eigenvalue weighted by Crippen LogP contribution is 2.45. The number of fused-ring (bicyclic) bond motifs is 3. The maximum atomic E-state index is 12.8. The first-order valence-corrected chi connectivity index (χ1v) is 14.9. The van der Waals surface area contributed by atoms with Crippen LogP contribution in [0.25, 0.3) is 21.3 Å². The molecule has 0 saturated carbocycles. The number of hydrogen-bond acceptors (Lipinski definition) is 8. The molecule has 0 amide bonds. The van der Waals surface area contributed by atoms with Crippen molar-refractivity contribution >= 4 is 38.6 Å². The van der Waals surface area contributed by atoms with Crippen molar-refractivity contribution in [1.82, 2.24) is 29.9 Å². The van der Waals surface area contributed by atoms with Crippen LogP contribution in [0.1, 0.15) is 61.1 Å².